The van der Waals surface area contributed by atoms with Crippen LogP contribution in [0.4, 0.5) is 0 Å². The standard InChI is InChI=1S/C11H23N3/c1-11(13-7-3-2-4-8-13)14-9-5-12-6-10-14/h11-12H,2-10H2,1H3. The van der Waals surface area contributed by atoms with Gasteiger partial charge in [0.25, 0.3) is 0 Å². The van der Waals surface area contributed by atoms with Gasteiger partial charge in [0.2, 0.25) is 0 Å². The zero-order chi connectivity index (χ0) is 9.80. The fourth-order valence-corrected chi connectivity index (χ4v) is 2.58. The minimum absolute atomic E-state index is 0.664. The number of rotatable bonds is 2. The molecule has 2 aliphatic heterocycles. The number of likely N-dealkylation sites (tertiary alicyclic amines) is 1. The summed E-state index contributed by atoms with van der Waals surface area (Å²) in [6.07, 6.45) is 4.90. The Bertz CT molecular complexity index is 142. The third kappa shape index (κ3) is 2.47. The molecule has 0 aromatic carbocycles. The first-order valence-electron chi connectivity index (χ1n) is 6.07. The number of nitrogens with zero attached hydrogens (tertiary/aromatic N) is 2. The summed E-state index contributed by atoms with van der Waals surface area (Å²) in [5, 5.41) is 3.41. The van der Waals surface area contributed by atoms with E-state index in [0.29, 0.717) is 6.17 Å². The smallest absolute Gasteiger partial charge is 0.0594 e. The molecule has 1 N–H and O–H groups in total. The van der Waals surface area contributed by atoms with E-state index in [1.165, 1.54) is 45.4 Å². The molecule has 3 heteroatoms. The van der Waals surface area contributed by atoms with Gasteiger partial charge >= 0.3 is 0 Å². The Hall–Kier alpha value is -0.120. The van der Waals surface area contributed by atoms with Gasteiger partial charge in [0.05, 0.1) is 6.17 Å². The molecule has 0 spiro atoms. The normalized spacial score (nSPS) is 28.9. The molecule has 2 rings (SSSR count). The molecule has 0 saturated carbocycles. The third-order valence-electron chi connectivity index (χ3n) is 3.60. The van der Waals surface area contributed by atoms with Crippen LogP contribution in [0.1, 0.15) is 26.2 Å². The van der Waals surface area contributed by atoms with Crippen molar-refractivity contribution in [3.05, 3.63) is 0 Å². The van der Waals surface area contributed by atoms with Crippen LogP contribution in [0.2, 0.25) is 0 Å². The fourth-order valence-electron chi connectivity index (χ4n) is 2.58. The minimum Gasteiger partial charge on any atom is -0.314 e. The topological polar surface area (TPSA) is 18.5 Å². The van der Waals surface area contributed by atoms with Crippen molar-refractivity contribution in [1.82, 2.24) is 15.1 Å². The molecule has 0 radical (unpaired) electrons. The summed E-state index contributed by atoms with van der Waals surface area (Å²) in [4.78, 5) is 5.26. The van der Waals surface area contributed by atoms with Crippen molar-refractivity contribution in [2.75, 3.05) is 39.3 Å². The second-order valence-corrected chi connectivity index (χ2v) is 4.51. The van der Waals surface area contributed by atoms with Gasteiger partial charge in [-0.1, -0.05) is 6.42 Å². The summed E-state index contributed by atoms with van der Waals surface area (Å²) in [7, 11) is 0. The maximum absolute atomic E-state index is 3.41. The molecule has 14 heavy (non-hydrogen) atoms. The molecule has 1 unspecified atom stereocenters. The van der Waals surface area contributed by atoms with Gasteiger partial charge < -0.3 is 5.32 Å². The first-order chi connectivity index (χ1) is 6.88. The zero-order valence-corrected chi connectivity index (χ0v) is 9.34. The molecule has 0 amide bonds. The molecule has 3 nitrogen and oxygen atoms in total. The molecule has 2 fully saturated rings. The Morgan fingerprint density at radius 3 is 2.07 bits per heavy atom. The Labute approximate surface area is 87.4 Å². The van der Waals surface area contributed by atoms with Crippen molar-refractivity contribution >= 4 is 0 Å². The summed E-state index contributed by atoms with van der Waals surface area (Å²) in [5.74, 6) is 0. The predicted octanol–water partition coefficient (Wildman–Crippen LogP) is 0.724. The molecular formula is C11H23N3. The Morgan fingerprint density at radius 1 is 0.857 bits per heavy atom. The largest absolute Gasteiger partial charge is 0.314 e. The van der Waals surface area contributed by atoms with Crippen LogP contribution in [0, 0.1) is 0 Å². The van der Waals surface area contributed by atoms with Gasteiger partial charge in [0, 0.05) is 26.2 Å². The van der Waals surface area contributed by atoms with Crippen molar-refractivity contribution in [3.63, 3.8) is 0 Å². The molecular weight excluding hydrogens is 174 g/mol. The van der Waals surface area contributed by atoms with Crippen molar-refractivity contribution < 1.29 is 0 Å². The highest BCUT2D eigenvalue weighted by atomic mass is 15.4. The van der Waals surface area contributed by atoms with E-state index in [1.54, 1.807) is 0 Å². The molecule has 2 saturated heterocycles. The van der Waals surface area contributed by atoms with Crippen molar-refractivity contribution in [2.24, 2.45) is 0 Å². The van der Waals surface area contributed by atoms with Crippen molar-refractivity contribution in [1.29, 1.82) is 0 Å². The molecule has 82 valence electrons. The van der Waals surface area contributed by atoms with E-state index in [9.17, 15) is 0 Å². The second kappa shape index (κ2) is 5.10. The second-order valence-electron chi connectivity index (χ2n) is 4.51. The molecule has 0 aromatic heterocycles. The summed E-state index contributed by atoms with van der Waals surface area (Å²) in [6, 6.07) is 0. The predicted molar refractivity (Wildman–Crippen MR) is 59.3 cm³/mol. The SMILES string of the molecule is CC(N1CCCCC1)N1CCNCC1. The van der Waals surface area contributed by atoms with E-state index in [-0.39, 0.29) is 0 Å². The summed E-state index contributed by atoms with van der Waals surface area (Å²) >= 11 is 0. The van der Waals surface area contributed by atoms with Crippen LogP contribution >= 0.6 is 0 Å². The van der Waals surface area contributed by atoms with E-state index >= 15 is 0 Å². The van der Waals surface area contributed by atoms with E-state index in [0.717, 1.165) is 13.1 Å². The van der Waals surface area contributed by atoms with Gasteiger partial charge in [0.1, 0.15) is 0 Å². The van der Waals surface area contributed by atoms with Gasteiger partial charge in [-0.15, -0.1) is 0 Å². The average molecular weight is 197 g/mol. The lowest BCUT2D eigenvalue weighted by Gasteiger charge is -2.41. The lowest BCUT2D eigenvalue weighted by Crippen LogP contribution is -2.54. The third-order valence-corrected chi connectivity index (χ3v) is 3.60. The minimum atomic E-state index is 0.664. The van der Waals surface area contributed by atoms with Crippen LogP contribution in [-0.2, 0) is 0 Å². The number of piperazine rings is 1. The highest BCUT2D eigenvalue weighted by molar-refractivity contribution is 4.76. The first kappa shape index (κ1) is 10.4. The summed E-state index contributed by atoms with van der Waals surface area (Å²) < 4.78 is 0. The van der Waals surface area contributed by atoms with E-state index in [2.05, 4.69) is 22.0 Å². The first-order valence-corrected chi connectivity index (χ1v) is 6.07. The lowest BCUT2D eigenvalue weighted by atomic mass is 10.1. The fraction of sp³-hybridized carbons (Fsp3) is 1.00. The number of nitrogens with one attached hydrogen (secondary N) is 1. The maximum atomic E-state index is 3.41. The van der Waals surface area contributed by atoms with Gasteiger partial charge in [0.15, 0.2) is 0 Å². The number of hydrogen-bond acceptors (Lipinski definition) is 3. The molecule has 0 aliphatic carbocycles. The zero-order valence-electron chi connectivity index (χ0n) is 9.34. The van der Waals surface area contributed by atoms with Crippen LogP contribution in [0.25, 0.3) is 0 Å². The lowest BCUT2D eigenvalue weighted by molar-refractivity contribution is 0.0336. The van der Waals surface area contributed by atoms with Crippen molar-refractivity contribution in [3.8, 4) is 0 Å². The maximum Gasteiger partial charge on any atom is 0.0594 e. The quantitative estimate of drug-likeness (QED) is 0.704. The summed E-state index contributed by atoms with van der Waals surface area (Å²) in [6.45, 7) is 9.76. The monoisotopic (exact) mass is 197 g/mol. The summed E-state index contributed by atoms with van der Waals surface area (Å²) in [5.41, 5.74) is 0. The van der Waals surface area contributed by atoms with Crippen LogP contribution in [0.15, 0.2) is 0 Å². The van der Waals surface area contributed by atoms with Gasteiger partial charge in [-0.3, -0.25) is 9.80 Å². The molecule has 2 aliphatic rings. The van der Waals surface area contributed by atoms with Crippen LogP contribution < -0.4 is 5.32 Å². The Morgan fingerprint density at radius 2 is 1.43 bits per heavy atom. The van der Waals surface area contributed by atoms with E-state index in [4.69, 9.17) is 0 Å². The van der Waals surface area contributed by atoms with E-state index in [1.807, 2.05) is 0 Å². The van der Waals surface area contributed by atoms with Gasteiger partial charge in [-0.25, -0.2) is 0 Å². The number of hydrogen-bond donors (Lipinski definition) is 1. The Kier molecular flexibility index (Phi) is 3.79. The number of piperidine rings is 1. The van der Waals surface area contributed by atoms with Crippen molar-refractivity contribution in [2.45, 2.75) is 32.4 Å². The molecule has 2 heterocycles. The molecule has 1 atom stereocenters. The highest BCUT2D eigenvalue weighted by Gasteiger charge is 2.23. The van der Waals surface area contributed by atoms with Crippen LogP contribution in [0.3, 0.4) is 0 Å². The van der Waals surface area contributed by atoms with Crippen LogP contribution in [0.5, 0.6) is 0 Å². The van der Waals surface area contributed by atoms with Crippen LogP contribution in [-0.4, -0.2) is 55.2 Å². The average Bonchev–Trinajstić information content (AvgIpc) is 2.30. The van der Waals surface area contributed by atoms with Gasteiger partial charge in [-0.2, -0.15) is 0 Å². The molecule has 0 bridgehead atoms. The Balaban J connectivity index is 1.82. The molecule has 0 aromatic rings. The highest BCUT2D eigenvalue weighted by Crippen LogP contribution is 2.14. The van der Waals surface area contributed by atoms with E-state index < -0.39 is 0 Å². The van der Waals surface area contributed by atoms with Gasteiger partial charge in [-0.05, 0) is 32.9 Å².